The molecule has 0 heterocycles. The van der Waals surface area contributed by atoms with Crippen LogP contribution in [-0.4, -0.2) is 5.91 Å². The molecule has 0 atom stereocenters. The SMILES string of the molecule is CC/C=C/C=C(\C=C(/C)C(N)=O)CC. The Morgan fingerprint density at radius 2 is 2.00 bits per heavy atom. The Kier molecular flexibility index (Phi) is 6.46. The number of hydrogen-bond donors (Lipinski definition) is 1. The monoisotopic (exact) mass is 193 g/mol. The number of amides is 1. The van der Waals surface area contributed by atoms with Crippen molar-refractivity contribution in [2.45, 2.75) is 33.6 Å². The zero-order chi connectivity index (χ0) is 11.0. The molecule has 14 heavy (non-hydrogen) atoms. The van der Waals surface area contributed by atoms with Gasteiger partial charge in [0.05, 0.1) is 0 Å². The van der Waals surface area contributed by atoms with Crippen LogP contribution in [0.25, 0.3) is 0 Å². The lowest BCUT2D eigenvalue weighted by Gasteiger charge is -1.97. The molecule has 0 rings (SSSR count). The van der Waals surface area contributed by atoms with Crippen molar-refractivity contribution in [3.63, 3.8) is 0 Å². The molecule has 0 spiro atoms. The van der Waals surface area contributed by atoms with Crippen molar-refractivity contribution in [2.75, 3.05) is 0 Å². The quantitative estimate of drug-likeness (QED) is 0.529. The highest BCUT2D eigenvalue weighted by atomic mass is 16.1. The van der Waals surface area contributed by atoms with Gasteiger partial charge < -0.3 is 5.73 Å². The van der Waals surface area contributed by atoms with E-state index in [1.807, 2.05) is 18.2 Å². The summed E-state index contributed by atoms with van der Waals surface area (Å²) in [6.45, 7) is 5.87. The highest BCUT2D eigenvalue weighted by molar-refractivity contribution is 5.91. The van der Waals surface area contributed by atoms with Gasteiger partial charge in [-0.25, -0.2) is 0 Å². The van der Waals surface area contributed by atoms with Crippen LogP contribution in [0.3, 0.4) is 0 Å². The fourth-order valence-electron chi connectivity index (χ4n) is 0.945. The molecule has 0 aliphatic rings. The van der Waals surface area contributed by atoms with Crippen molar-refractivity contribution in [3.8, 4) is 0 Å². The molecule has 0 radical (unpaired) electrons. The lowest BCUT2D eigenvalue weighted by Crippen LogP contribution is -2.11. The predicted octanol–water partition coefficient (Wildman–Crippen LogP) is 2.72. The maximum atomic E-state index is 10.8. The van der Waals surface area contributed by atoms with Gasteiger partial charge in [-0.05, 0) is 25.3 Å². The molecule has 0 aliphatic carbocycles. The highest BCUT2D eigenvalue weighted by Gasteiger charge is 1.97. The first-order valence-electron chi connectivity index (χ1n) is 4.95. The van der Waals surface area contributed by atoms with Crippen LogP contribution in [0.5, 0.6) is 0 Å². The van der Waals surface area contributed by atoms with E-state index in [-0.39, 0.29) is 5.91 Å². The van der Waals surface area contributed by atoms with Crippen LogP contribution in [0.4, 0.5) is 0 Å². The lowest BCUT2D eigenvalue weighted by molar-refractivity contribution is -0.114. The third-order valence-electron chi connectivity index (χ3n) is 1.88. The molecule has 0 aliphatic heterocycles. The van der Waals surface area contributed by atoms with Gasteiger partial charge in [0.25, 0.3) is 0 Å². The molecule has 0 saturated carbocycles. The number of hydrogen-bond acceptors (Lipinski definition) is 1. The van der Waals surface area contributed by atoms with E-state index >= 15 is 0 Å². The summed E-state index contributed by atoms with van der Waals surface area (Å²) in [6.07, 6.45) is 9.84. The maximum Gasteiger partial charge on any atom is 0.244 e. The Morgan fingerprint density at radius 1 is 1.36 bits per heavy atom. The van der Waals surface area contributed by atoms with Crippen LogP contribution in [0, 0.1) is 0 Å². The van der Waals surface area contributed by atoms with Gasteiger partial charge in [-0.2, -0.15) is 0 Å². The molecular weight excluding hydrogens is 174 g/mol. The summed E-state index contributed by atoms with van der Waals surface area (Å²) < 4.78 is 0. The molecule has 0 fully saturated rings. The van der Waals surface area contributed by atoms with E-state index < -0.39 is 0 Å². The fourth-order valence-corrected chi connectivity index (χ4v) is 0.945. The normalized spacial score (nSPS) is 13.6. The first kappa shape index (κ1) is 12.7. The molecule has 1 amide bonds. The number of carbonyl (C=O) groups is 1. The summed E-state index contributed by atoms with van der Waals surface area (Å²) in [4.78, 5) is 10.8. The van der Waals surface area contributed by atoms with E-state index in [4.69, 9.17) is 5.73 Å². The van der Waals surface area contributed by atoms with E-state index in [9.17, 15) is 4.79 Å². The van der Waals surface area contributed by atoms with Crippen molar-refractivity contribution in [2.24, 2.45) is 5.73 Å². The van der Waals surface area contributed by atoms with Gasteiger partial charge in [0.1, 0.15) is 0 Å². The summed E-state index contributed by atoms with van der Waals surface area (Å²) in [6, 6.07) is 0. The minimum atomic E-state index is -0.358. The maximum absolute atomic E-state index is 10.8. The van der Waals surface area contributed by atoms with Crippen LogP contribution >= 0.6 is 0 Å². The first-order chi connectivity index (χ1) is 6.61. The summed E-state index contributed by atoms with van der Waals surface area (Å²) >= 11 is 0. The van der Waals surface area contributed by atoms with Crippen molar-refractivity contribution in [1.82, 2.24) is 0 Å². The Morgan fingerprint density at radius 3 is 2.43 bits per heavy atom. The zero-order valence-electron chi connectivity index (χ0n) is 9.21. The van der Waals surface area contributed by atoms with Gasteiger partial charge >= 0.3 is 0 Å². The van der Waals surface area contributed by atoms with E-state index in [0.717, 1.165) is 18.4 Å². The van der Waals surface area contributed by atoms with Crippen molar-refractivity contribution < 1.29 is 4.79 Å². The van der Waals surface area contributed by atoms with Gasteiger partial charge in [-0.1, -0.05) is 38.2 Å². The van der Waals surface area contributed by atoms with E-state index in [1.165, 1.54) is 0 Å². The molecular formula is C12H19NO. The van der Waals surface area contributed by atoms with E-state index in [0.29, 0.717) is 5.57 Å². The second-order valence-corrected chi connectivity index (χ2v) is 3.12. The molecule has 0 saturated heterocycles. The first-order valence-corrected chi connectivity index (χ1v) is 4.95. The number of nitrogens with two attached hydrogens (primary N) is 1. The van der Waals surface area contributed by atoms with Gasteiger partial charge in [-0.15, -0.1) is 0 Å². The highest BCUT2D eigenvalue weighted by Crippen LogP contribution is 2.06. The van der Waals surface area contributed by atoms with Crippen LogP contribution in [0.1, 0.15) is 33.6 Å². The summed E-state index contributed by atoms with van der Waals surface area (Å²) in [5.41, 5.74) is 6.86. The molecule has 2 nitrogen and oxygen atoms in total. The number of carbonyl (C=O) groups excluding carboxylic acids is 1. The van der Waals surface area contributed by atoms with Gasteiger partial charge in [0.15, 0.2) is 0 Å². The Bertz CT molecular complexity index is 272. The predicted molar refractivity (Wildman–Crippen MR) is 60.8 cm³/mol. The summed E-state index contributed by atoms with van der Waals surface area (Å²) in [5, 5.41) is 0. The van der Waals surface area contributed by atoms with Crippen molar-refractivity contribution in [3.05, 3.63) is 35.5 Å². The Balaban J connectivity index is 4.57. The van der Waals surface area contributed by atoms with Gasteiger partial charge in [-0.3, -0.25) is 4.79 Å². The molecule has 0 unspecified atom stereocenters. The third-order valence-corrected chi connectivity index (χ3v) is 1.88. The number of primary amides is 1. The largest absolute Gasteiger partial charge is 0.366 e. The van der Waals surface area contributed by atoms with Crippen LogP contribution < -0.4 is 5.73 Å². The molecule has 0 aromatic carbocycles. The van der Waals surface area contributed by atoms with Crippen molar-refractivity contribution in [1.29, 1.82) is 0 Å². The fraction of sp³-hybridized carbons (Fsp3) is 0.417. The molecule has 0 aromatic heterocycles. The summed E-state index contributed by atoms with van der Waals surface area (Å²) in [7, 11) is 0. The lowest BCUT2D eigenvalue weighted by atomic mass is 10.1. The number of allylic oxidation sites excluding steroid dienone is 5. The Hall–Kier alpha value is -1.31. The topological polar surface area (TPSA) is 43.1 Å². The van der Waals surface area contributed by atoms with Gasteiger partial charge in [0.2, 0.25) is 5.91 Å². The average Bonchev–Trinajstić information content (AvgIpc) is 2.16. The minimum Gasteiger partial charge on any atom is -0.366 e. The molecule has 2 heteroatoms. The van der Waals surface area contributed by atoms with Crippen molar-refractivity contribution >= 4 is 5.91 Å². The third kappa shape index (κ3) is 5.36. The van der Waals surface area contributed by atoms with Crippen LogP contribution in [0.2, 0.25) is 0 Å². The van der Waals surface area contributed by atoms with Gasteiger partial charge in [0, 0.05) is 5.57 Å². The number of rotatable bonds is 5. The minimum absolute atomic E-state index is 0.358. The standard InChI is InChI=1S/C12H19NO/c1-4-6-7-8-11(5-2)9-10(3)12(13)14/h6-9H,4-5H2,1-3H3,(H2,13,14)/b7-6+,10-9+,11-8-. The van der Waals surface area contributed by atoms with E-state index in [2.05, 4.69) is 19.9 Å². The molecule has 78 valence electrons. The van der Waals surface area contributed by atoms with Crippen LogP contribution in [0.15, 0.2) is 35.5 Å². The van der Waals surface area contributed by atoms with E-state index in [1.54, 1.807) is 6.92 Å². The second-order valence-electron chi connectivity index (χ2n) is 3.12. The molecule has 0 bridgehead atoms. The second kappa shape index (κ2) is 7.13. The average molecular weight is 193 g/mol. The molecule has 0 aromatic rings. The zero-order valence-corrected chi connectivity index (χ0v) is 9.21. The Labute approximate surface area is 86.2 Å². The van der Waals surface area contributed by atoms with Crippen LogP contribution in [-0.2, 0) is 4.79 Å². The smallest absolute Gasteiger partial charge is 0.244 e. The summed E-state index contributed by atoms with van der Waals surface area (Å²) in [5.74, 6) is -0.358. The molecule has 2 N–H and O–H groups in total.